The van der Waals surface area contributed by atoms with Gasteiger partial charge in [0.15, 0.2) is 0 Å². The van der Waals surface area contributed by atoms with Crippen LogP contribution in [0.2, 0.25) is 5.02 Å². The lowest BCUT2D eigenvalue weighted by Crippen LogP contribution is -1.90. The number of hydrogen-bond donors (Lipinski definition) is 2. The van der Waals surface area contributed by atoms with E-state index < -0.39 is 0 Å². The van der Waals surface area contributed by atoms with Crippen molar-refractivity contribution in [3.8, 4) is 17.0 Å². The van der Waals surface area contributed by atoms with Crippen LogP contribution in [0.25, 0.3) is 11.3 Å². The first kappa shape index (κ1) is 15.5. The number of halogens is 1. The van der Waals surface area contributed by atoms with Crippen LogP contribution in [0, 0.1) is 6.92 Å². The minimum Gasteiger partial charge on any atom is -0.506 e. The summed E-state index contributed by atoms with van der Waals surface area (Å²) >= 11 is 7.41. The standard InChI is InChI=1S/C17H14ClN3OS/c1-11-16(13-5-3-2-4-6-13)20-17(23-11)21-19-10-12-7-8-15(22)14(18)9-12/h2-10,22H,1H3,(H,20,21)/b19-10-. The maximum absolute atomic E-state index is 9.39. The molecular formula is C17H14ClN3OS. The predicted octanol–water partition coefficient (Wildman–Crippen LogP) is 4.92. The van der Waals surface area contributed by atoms with Crippen LogP contribution in [-0.2, 0) is 0 Å². The molecule has 3 rings (SSSR count). The molecule has 0 aliphatic heterocycles. The second kappa shape index (κ2) is 6.81. The molecule has 2 N–H and O–H groups in total. The van der Waals surface area contributed by atoms with E-state index in [1.807, 2.05) is 37.3 Å². The van der Waals surface area contributed by atoms with Crippen molar-refractivity contribution in [2.75, 3.05) is 5.43 Å². The van der Waals surface area contributed by atoms with Crippen LogP contribution in [0.5, 0.6) is 5.75 Å². The predicted molar refractivity (Wildman–Crippen MR) is 96.6 cm³/mol. The van der Waals surface area contributed by atoms with Crippen LogP contribution in [0.1, 0.15) is 10.4 Å². The summed E-state index contributed by atoms with van der Waals surface area (Å²) in [5.74, 6) is 0.0554. The van der Waals surface area contributed by atoms with E-state index in [-0.39, 0.29) is 5.75 Å². The molecule has 0 saturated heterocycles. The molecule has 0 aliphatic carbocycles. The Bertz CT molecular complexity index is 846. The largest absolute Gasteiger partial charge is 0.506 e. The van der Waals surface area contributed by atoms with Gasteiger partial charge in [0.25, 0.3) is 0 Å². The van der Waals surface area contributed by atoms with Gasteiger partial charge in [0.1, 0.15) is 5.75 Å². The van der Waals surface area contributed by atoms with Crippen molar-refractivity contribution in [2.24, 2.45) is 5.10 Å². The van der Waals surface area contributed by atoms with Gasteiger partial charge in [-0.25, -0.2) is 4.98 Å². The summed E-state index contributed by atoms with van der Waals surface area (Å²) in [6.07, 6.45) is 1.63. The number of hydrogen-bond acceptors (Lipinski definition) is 5. The van der Waals surface area contributed by atoms with Crippen LogP contribution >= 0.6 is 22.9 Å². The van der Waals surface area contributed by atoms with E-state index >= 15 is 0 Å². The van der Waals surface area contributed by atoms with Crippen molar-refractivity contribution in [2.45, 2.75) is 6.92 Å². The number of aromatic nitrogens is 1. The highest BCUT2D eigenvalue weighted by Gasteiger charge is 2.08. The second-order valence-electron chi connectivity index (χ2n) is 4.87. The molecule has 4 nitrogen and oxygen atoms in total. The zero-order chi connectivity index (χ0) is 16.2. The van der Waals surface area contributed by atoms with Gasteiger partial charge in [-0.05, 0) is 30.7 Å². The first-order valence-electron chi connectivity index (χ1n) is 6.94. The van der Waals surface area contributed by atoms with Crippen molar-refractivity contribution in [3.05, 3.63) is 64.0 Å². The molecule has 0 amide bonds. The molecule has 0 unspecified atom stereocenters. The molecule has 1 aromatic heterocycles. The second-order valence-corrected chi connectivity index (χ2v) is 6.48. The van der Waals surface area contributed by atoms with E-state index in [0.29, 0.717) is 5.02 Å². The Morgan fingerprint density at radius 3 is 2.74 bits per heavy atom. The summed E-state index contributed by atoms with van der Waals surface area (Å²) in [6, 6.07) is 14.9. The summed E-state index contributed by atoms with van der Waals surface area (Å²) in [7, 11) is 0. The molecule has 2 aromatic carbocycles. The summed E-state index contributed by atoms with van der Waals surface area (Å²) in [4.78, 5) is 5.70. The number of rotatable bonds is 4. The summed E-state index contributed by atoms with van der Waals surface area (Å²) in [5, 5.41) is 14.6. The van der Waals surface area contributed by atoms with Gasteiger partial charge in [-0.1, -0.05) is 41.9 Å². The highest BCUT2D eigenvalue weighted by Crippen LogP contribution is 2.30. The van der Waals surface area contributed by atoms with Gasteiger partial charge in [-0.15, -0.1) is 11.3 Å². The van der Waals surface area contributed by atoms with Crippen molar-refractivity contribution >= 4 is 34.3 Å². The number of benzene rings is 2. The van der Waals surface area contributed by atoms with Crippen LogP contribution in [0.15, 0.2) is 53.6 Å². The lowest BCUT2D eigenvalue weighted by Gasteiger charge is -1.98. The molecule has 0 atom stereocenters. The Morgan fingerprint density at radius 1 is 1.22 bits per heavy atom. The third-order valence-corrected chi connectivity index (χ3v) is 4.37. The Morgan fingerprint density at radius 2 is 2.00 bits per heavy atom. The van der Waals surface area contributed by atoms with Gasteiger partial charge < -0.3 is 5.11 Å². The van der Waals surface area contributed by atoms with E-state index in [0.717, 1.165) is 26.8 Å². The number of aryl methyl sites for hydroxylation is 1. The van der Waals surface area contributed by atoms with E-state index in [2.05, 4.69) is 15.5 Å². The van der Waals surface area contributed by atoms with Crippen molar-refractivity contribution < 1.29 is 5.11 Å². The van der Waals surface area contributed by atoms with E-state index in [4.69, 9.17) is 11.6 Å². The minimum atomic E-state index is 0.0554. The zero-order valence-corrected chi connectivity index (χ0v) is 13.9. The van der Waals surface area contributed by atoms with Crippen molar-refractivity contribution in [1.29, 1.82) is 0 Å². The summed E-state index contributed by atoms with van der Waals surface area (Å²) < 4.78 is 0. The molecule has 6 heteroatoms. The number of phenolic OH excluding ortho intramolecular Hbond substituents is 1. The summed E-state index contributed by atoms with van der Waals surface area (Å²) in [5.41, 5.74) is 5.76. The number of hydrazone groups is 1. The van der Waals surface area contributed by atoms with Crippen LogP contribution in [-0.4, -0.2) is 16.3 Å². The van der Waals surface area contributed by atoms with Gasteiger partial charge in [-0.3, -0.25) is 5.43 Å². The minimum absolute atomic E-state index is 0.0554. The maximum atomic E-state index is 9.39. The van der Waals surface area contributed by atoms with Gasteiger partial charge >= 0.3 is 0 Å². The number of nitrogens with zero attached hydrogens (tertiary/aromatic N) is 2. The summed E-state index contributed by atoms with van der Waals surface area (Å²) in [6.45, 7) is 2.04. The highest BCUT2D eigenvalue weighted by molar-refractivity contribution is 7.15. The third-order valence-electron chi connectivity index (χ3n) is 3.19. The van der Waals surface area contributed by atoms with Crippen LogP contribution in [0.4, 0.5) is 5.13 Å². The molecule has 23 heavy (non-hydrogen) atoms. The Labute approximate surface area is 143 Å². The first-order chi connectivity index (χ1) is 11.1. The molecule has 3 aromatic rings. The highest BCUT2D eigenvalue weighted by atomic mass is 35.5. The van der Waals surface area contributed by atoms with Crippen LogP contribution < -0.4 is 5.43 Å². The molecule has 116 valence electrons. The number of nitrogens with one attached hydrogen (secondary N) is 1. The molecule has 0 bridgehead atoms. The molecule has 0 fully saturated rings. The first-order valence-corrected chi connectivity index (χ1v) is 8.13. The fraction of sp³-hybridized carbons (Fsp3) is 0.0588. The topological polar surface area (TPSA) is 57.5 Å². The van der Waals surface area contributed by atoms with Crippen molar-refractivity contribution in [3.63, 3.8) is 0 Å². The maximum Gasteiger partial charge on any atom is 0.204 e. The molecule has 0 radical (unpaired) electrons. The zero-order valence-electron chi connectivity index (χ0n) is 12.3. The molecule has 0 saturated carbocycles. The van der Waals surface area contributed by atoms with Gasteiger partial charge in [0, 0.05) is 10.4 Å². The number of phenols is 1. The monoisotopic (exact) mass is 343 g/mol. The number of anilines is 1. The SMILES string of the molecule is Cc1sc(N/N=C\c2ccc(O)c(Cl)c2)nc1-c1ccccc1. The normalized spacial score (nSPS) is 11.0. The van der Waals surface area contributed by atoms with Crippen LogP contribution in [0.3, 0.4) is 0 Å². The molecule has 0 spiro atoms. The molecular weight excluding hydrogens is 330 g/mol. The van der Waals surface area contributed by atoms with E-state index in [1.165, 1.54) is 6.07 Å². The van der Waals surface area contributed by atoms with Crippen molar-refractivity contribution in [1.82, 2.24) is 4.98 Å². The Balaban J connectivity index is 1.74. The van der Waals surface area contributed by atoms with Gasteiger partial charge in [-0.2, -0.15) is 5.10 Å². The average molecular weight is 344 g/mol. The average Bonchev–Trinajstić information content (AvgIpc) is 2.92. The molecule has 1 heterocycles. The molecule has 0 aliphatic rings. The van der Waals surface area contributed by atoms with Gasteiger partial charge in [0.05, 0.1) is 16.9 Å². The fourth-order valence-electron chi connectivity index (χ4n) is 2.07. The fourth-order valence-corrected chi connectivity index (χ4v) is 3.05. The Hall–Kier alpha value is -2.37. The number of aromatic hydroxyl groups is 1. The smallest absolute Gasteiger partial charge is 0.204 e. The Kier molecular flexibility index (Phi) is 4.60. The third kappa shape index (κ3) is 3.70. The van der Waals surface area contributed by atoms with Gasteiger partial charge in [0.2, 0.25) is 5.13 Å². The van der Waals surface area contributed by atoms with E-state index in [9.17, 15) is 5.11 Å². The lowest BCUT2D eigenvalue weighted by atomic mass is 10.1. The van der Waals surface area contributed by atoms with E-state index in [1.54, 1.807) is 29.7 Å². The quantitative estimate of drug-likeness (QED) is 0.522. The lowest BCUT2D eigenvalue weighted by molar-refractivity contribution is 0.475. The number of thiazole rings is 1.